The smallest absolute Gasteiger partial charge is 0.211 e. The van der Waals surface area contributed by atoms with E-state index in [0.717, 1.165) is 30.4 Å². The highest BCUT2D eigenvalue weighted by Crippen LogP contribution is 2.13. The van der Waals surface area contributed by atoms with Crippen molar-refractivity contribution >= 4 is 21.6 Å². The third-order valence-corrected chi connectivity index (χ3v) is 5.26. The van der Waals surface area contributed by atoms with E-state index in [1.165, 1.54) is 6.26 Å². The lowest BCUT2D eigenvalue weighted by Crippen LogP contribution is -2.33. The zero-order valence-electron chi connectivity index (χ0n) is 13.3. The van der Waals surface area contributed by atoms with Crippen LogP contribution >= 0.6 is 11.6 Å². The van der Waals surface area contributed by atoms with Gasteiger partial charge in [0.25, 0.3) is 0 Å². The van der Waals surface area contributed by atoms with Crippen molar-refractivity contribution in [1.29, 1.82) is 0 Å². The first-order valence-corrected chi connectivity index (χ1v) is 9.91. The topological polar surface area (TPSA) is 37.4 Å². The van der Waals surface area contributed by atoms with E-state index in [0.29, 0.717) is 18.1 Å². The molecule has 3 nitrogen and oxygen atoms in total. The summed E-state index contributed by atoms with van der Waals surface area (Å²) in [4.78, 5) is 0. The molecule has 0 saturated heterocycles. The van der Waals surface area contributed by atoms with Gasteiger partial charge in [0.15, 0.2) is 0 Å². The molecule has 2 aromatic rings. The highest BCUT2D eigenvalue weighted by atomic mass is 35.5. The molecule has 0 fully saturated rings. The van der Waals surface area contributed by atoms with Gasteiger partial charge in [-0.1, -0.05) is 54.1 Å². The van der Waals surface area contributed by atoms with Crippen molar-refractivity contribution in [3.05, 3.63) is 70.7 Å². The van der Waals surface area contributed by atoms with Crippen LogP contribution in [0.5, 0.6) is 0 Å². The summed E-state index contributed by atoms with van der Waals surface area (Å²) < 4.78 is 25.5. The molecule has 0 bridgehead atoms. The van der Waals surface area contributed by atoms with E-state index in [2.05, 4.69) is 0 Å². The number of sulfonamides is 1. The lowest BCUT2D eigenvalue weighted by molar-refractivity contribution is 0.411. The summed E-state index contributed by atoms with van der Waals surface area (Å²) in [5.74, 6) is 0. The maximum absolute atomic E-state index is 12.0. The number of hydrogen-bond donors (Lipinski definition) is 0. The normalized spacial score (nSPS) is 11.8. The fourth-order valence-corrected chi connectivity index (χ4v) is 3.59. The van der Waals surface area contributed by atoms with Gasteiger partial charge in [0.2, 0.25) is 10.0 Å². The summed E-state index contributed by atoms with van der Waals surface area (Å²) in [5.41, 5.74) is 2.28. The van der Waals surface area contributed by atoms with Crippen molar-refractivity contribution in [2.45, 2.75) is 19.3 Å². The number of halogens is 1. The summed E-state index contributed by atoms with van der Waals surface area (Å²) in [6.07, 6.45) is 3.60. The Morgan fingerprint density at radius 1 is 0.913 bits per heavy atom. The molecule has 0 saturated carbocycles. The molecule has 2 rings (SSSR count). The Bertz CT molecular complexity index is 717. The van der Waals surface area contributed by atoms with Crippen LogP contribution in [0.1, 0.15) is 17.5 Å². The first kappa shape index (κ1) is 18.0. The fraction of sp³-hybridized carbons (Fsp3) is 0.333. The van der Waals surface area contributed by atoms with E-state index in [9.17, 15) is 8.42 Å². The first-order chi connectivity index (χ1) is 10.9. The predicted octanol–water partition coefficient (Wildman–Crippen LogP) is 3.78. The average Bonchev–Trinajstić information content (AvgIpc) is 2.50. The fourth-order valence-electron chi connectivity index (χ4n) is 2.49. The Balaban J connectivity index is 1.89. The molecule has 124 valence electrons. The minimum absolute atomic E-state index is 0.512. The number of rotatable bonds is 8. The van der Waals surface area contributed by atoms with Crippen LogP contribution in [0.25, 0.3) is 0 Å². The Labute approximate surface area is 144 Å². The highest BCUT2D eigenvalue weighted by molar-refractivity contribution is 7.88. The lowest BCUT2D eigenvalue weighted by atomic mass is 10.1. The van der Waals surface area contributed by atoms with Gasteiger partial charge in [-0.3, -0.25) is 0 Å². The lowest BCUT2D eigenvalue weighted by Gasteiger charge is -2.20. The van der Waals surface area contributed by atoms with Gasteiger partial charge < -0.3 is 0 Å². The molecule has 5 heteroatoms. The van der Waals surface area contributed by atoms with Crippen LogP contribution < -0.4 is 0 Å². The molecule has 23 heavy (non-hydrogen) atoms. The summed E-state index contributed by atoms with van der Waals surface area (Å²) >= 11 is 5.97. The monoisotopic (exact) mass is 351 g/mol. The summed E-state index contributed by atoms with van der Waals surface area (Å²) in [6.45, 7) is 1.04. The molecule has 0 unspecified atom stereocenters. The van der Waals surface area contributed by atoms with Gasteiger partial charge in [0.1, 0.15) is 0 Å². The van der Waals surface area contributed by atoms with Gasteiger partial charge >= 0.3 is 0 Å². The molecular weight excluding hydrogens is 330 g/mol. The van der Waals surface area contributed by atoms with E-state index in [-0.39, 0.29) is 0 Å². The van der Waals surface area contributed by atoms with Gasteiger partial charge in [-0.05, 0) is 42.5 Å². The van der Waals surface area contributed by atoms with Crippen molar-refractivity contribution in [3.63, 3.8) is 0 Å². The second-order valence-electron chi connectivity index (χ2n) is 5.63. The van der Waals surface area contributed by atoms with Crippen LogP contribution in [0, 0.1) is 0 Å². The van der Waals surface area contributed by atoms with Crippen LogP contribution in [-0.2, 0) is 22.9 Å². The van der Waals surface area contributed by atoms with Crippen molar-refractivity contribution < 1.29 is 8.42 Å². The van der Waals surface area contributed by atoms with Gasteiger partial charge in [0.05, 0.1) is 6.26 Å². The van der Waals surface area contributed by atoms with Crippen LogP contribution in [0.15, 0.2) is 54.6 Å². The molecular formula is C18H22ClNO2S. The molecule has 0 aromatic heterocycles. The van der Waals surface area contributed by atoms with Gasteiger partial charge in [-0.25, -0.2) is 12.7 Å². The summed E-state index contributed by atoms with van der Waals surface area (Å²) in [7, 11) is -3.19. The second kappa shape index (κ2) is 8.48. The van der Waals surface area contributed by atoms with Crippen molar-refractivity contribution in [1.82, 2.24) is 4.31 Å². The SMILES string of the molecule is CS(=O)(=O)N(CCCc1cccc(Cl)c1)CCc1ccccc1. The molecule has 0 radical (unpaired) electrons. The number of nitrogens with zero attached hydrogens (tertiary/aromatic N) is 1. The van der Waals surface area contributed by atoms with Gasteiger partial charge in [0, 0.05) is 18.1 Å². The zero-order valence-corrected chi connectivity index (χ0v) is 14.9. The highest BCUT2D eigenvalue weighted by Gasteiger charge is 2.15. The Hall–Kier alpha value is -1.36. The van der Waals surface area contributed by atoms with Crippen molar-refractivity contribution in [2.75, 3.05) is 19.3 Å². The minimum atomic E-state index is -3.19. The Kier molecular flexibility index (Phi) is 6.63. The molecule has 0 amide bonds. The third kappa shape index (κ3) is 6.34. The maximum Gasteiger partial charge on any atom is 0.211 e. The number of hydrogen-bond acceptors (Lipinski definition) is 2. The molecule has 0 aliphatic heterocycles. The molecule has 0 N–H and O–H groups in total. The molecule has 0 spiro atoms. The minimum Gasteiger partial charge on any atom is -0.213 e. The number of aryl methyl sites for hydroxylation is 1. The van der Waals surface area contributed by atoms with Gasteiger partial charge in [-0.15, -0.1) is 0 Å². The molecule has 0 aliphatic rings. The van der Waals surface area contributed by atoms with Crippen LogP contribution in [-0.4, -0.2) is 32.1 Å². The Morgan fingerprint density at radius 3 is 2.26 bits per heavy atom. The molecule has 2 aromatic carbocycles. The molecule has 0 aliphatic carbocycles. The van der Waals surface area contributed by atoms with Gasteiger partial charge in [-0.2, -0.15) is 0 Å². The largest absolute Gasteiger partial charge is 0.213 e. The zero-order chi connectivity index (χ0) is 16.7. The number of benzene rings is 2. The summed E-state index contributed by atoms with van der Waals surface area (Å²) in [5, 5.41) is 0.714. The van der Waals surface area contributed by atoms with E-state index < -0.39 is 10.0 Å². The predicted molar refractivity (Wildman–Crippen MR) is 96.3 cm³/mol. The molecule has 0 atom stereocenters. The van der Waals surface area contributed by atoms with Crippen LogP contribution in [0.4, 0.5) is 0 Å². The maximum atomic E-state index is 12.0. The van der Waals surface area contributed by atoms with Crippen molar-refractivity contribution in [3.8, 4) is 0 Å². The standard InChI is InChI=1S/C18H22ClNO2S/c1-23(21,22)20(14-12-16-7-3-2-4-8-16)13-6-10-17-9-5-11-18(19)15-17/h2-5,7-9,11,15H,6,10,12-14H2,1H3. The quantitative estimate of drug-likeness (QED) is 0.725. The van der Waals surface area contributed by atoms with E-state index in [1.807, 2.05) is 54.6 Å². The van der Waals surface area contributed by atoms with E-state index in [4.69, 9.17) is 11.6 Å². The Morgan fingerprint density at radius 2 is 1.61 bits per heavy atom. The second-order valence-corrected chi connectivity index (χ2v) is 8.05. The van der Waals surface area contributed by atoms with E-state index >= 15 is 0 Å². The third-order valence-electron chi connectivity index (χ3n) is 3.72. The molecule has 0 heterocycles. The van der Waals surface area contributed by atoms with E-state index in [1.54, 1.807) is 4.31 Å². The first-order valence-electron chi connectivity index (χ1n) is 7.68. The van der Waals surface area contributed by atoms with Crippen LogP contribution in [0.3, 0.4) is 0 Å². The summed E-state index contributed by atoms with van der Waals surface area (Å²) in [6, 6.07) is 17.6. The van der Waals surface area contributed by atoms with Crippen LogP contribution in [0.2, 0.25) is 5.02 Å². The average molecular weight is 352 g/mol. The van der Waals surface area contributed by atoms with Crippen molar-refractivity contribution in [2.24, 2.45) is 0 Å².